The van der Waals surface area contributed by atoms with Gasteiger partial charge in [0.1, 0.15) is 0 Å². The Morgan fingerprint density at radius 2 is 0.778 bits per heavy atom. The lowest BCUT2D eigenvalue weighted by molar-refractivity contribution is 1.18. The van der Waals surface area contributed by atoms with E-state index in [4.69, 9.17) is 0 Å². The van der Waals surface area contributed by atoms with Crippen molar-refractivity contribution in [2.45, 2.75) is 33.1 Å². The molecule has 0 radical (unpaired) electrons. The first-order valence-corrected chi connectivity index (χ1v) is 16.4. The lowest BCUT2D eigenvalue weighted by atomic mass is 9.86. The number of benzene rings is 8. The maximum Gasteiger partial charge on any atom is -0.00132 e. The van der Waals surface area contributed by atoms with Crippen molar-refractivity contribution in [1.82, 2.24) is 0 Å². The van der Waals surface area contributed by atoms with Gasteiger partial charge in [-0.15, -0.1) is 0 Å². The molecule has 8 aromatic carbocycles. The van der Waals surface area contributed by atoms with Gasteiger partial charge in [0.2, 0.25) is 0 Å². The Bertz CT molecular complexity index is 2360. The van der Waals surface area contributed by atoms with Crippen molar-refractivity contribution >= 4 is 43.1 Å². The SMILES string of the molecule is CCc1c2ccccc2c(-c2ccc3c(c2)Cc2ccc(-c4c5ccccc5c(CC)c5ccccc45)cc2-3)c2ccccc12. The standard InChI is InChI=1S/C45H34/c1-3-32-35-13-5-9-17-39(35)44(40-18-10-6-14-36(32)40)29-23-24-34-31(26-29)25-28-21-22-30(27-43(28)34)45-41-19-11-7-15-37(41)33(4-2)38-16-8-12-20-42(38)45/h5-24,26-27H,3-4,25H2,1-2H3. The summed E-state index contributed by atoms with van der Waals surface area (Å²) < 4.78 is 0. The van der Waals surface area contributed by atoms with Crippen LogP contribution in [0.15, 0.2) is 133 Å². The molecule has 0 heteroatoms. The summed E-state index contributed by atoms with van der Waals surface area (Å²) in [6, 6.07) is 50.3. The van der Waals surface area contributed by atoms with Crippen LogP contribution in [-0.4, -0.2) is 0 Å². The smallest absolute Gasteiger partial charge is 0.00132 e. The van der Waals surface area contributed by atoms with Crippen LogP contribution in [0, 0.1) is 0 Å². The van der Waals surface area contributed by atoms with Crippen LogP contribution in [0.2, 0.25) is 0 Å². The highest BCUT2D eigenvalue weighted by Crippen LogP contribution is 2.46. The molecule has 1 aliphatic rings. The third-order valence-corrected chi connectivity index (χ3v) is 10.3. The van der Waals surface area contributed by atoms with Crippen LogP contribution in [0.4, 0.5) is 0 Å². The van der Waals surface area contributed by atoms with Gasteiger partial charge in [0.15, 0.2) is 0 Å². The third-order valence-electron chi connectivity index (χ3n) is 10.3. The maximum absolute atomic E-state index is 2.47. The first-order valence-electron chi connectivity index (χ1n) is 16.4. The van der Waals surface area contributed by atoms with Crippen molar-refractivity contribution < 1.29 is 0 Å². The van der Waals surface area contributed by atoms with Crippen molar-refractivity contribution in [1.29, 1.82) is 0 Å². The second-order valence-corrected chi connectivity index (χ2v) is 12.5. The zero-order valence-corrected chi connectivity index (χ0v) is 25.8. The average Bonchev–Trinajstić information content (AvgIpc) is 3.46. The molecule has 0 saturated carbocycles. The summed E-state index contributed by atoms with van der Waals surface area (Å²) in [5, 5.41) is 10.9. The van der Waals surface area contributed by atoms with E-state index >= 15 is 0 Å². The van der Waals surface area contributed by atoms with Gasteiger partial charge in [0.05, 0.1) is 0 Å². The van der Waals surface area contributed by atoms with E-state index in [0.29, 0.717) is 0 Å². The fraction of sp³-hybridized carbons (Fsp3) is 0.111. The largest absolute Gasteiger partial charge is 0.0616 e. The van der Waals surface area contributed by atoms with Crippen molar-refractivity contribution in [3.63, 3.8) is 0 Å². The van der Waals surface area contributed by atoms with Crippen molar-refractivity contribution in [2.24, 2.45) is 0 Å². The van der Waals surface area contributed by atoms with Gasteiger partial charge < -0.3 is 0 Å². The first kappa shape index (κ1) is 26.2. The maximum atomic E-state index is 2.47. The Hall–Kier alpha value is -5.20. The van der Waals surface area contributed by atoms with E-state index in [2.05, 4.69) is 147 Å². The molecule has 0 bridgehead atoms. The van der Waals surface area contributed by atoms with Crippen LogP contribution in [-0.2, 0) is 19.3 Å². The van der Waals surface area contributed by atoms with Gasteiger partial charge in [0.25, 0.3) is 0 Å². The quantitative estimate of drug-likeness (QED) is 0.183. The van der Waals surface area contributed by atoms with Crippen LogP contribution in [0.3, 0.4) is 0 Å². The summed E-state index contributed by atoms with van der Waals surface area (Å²) in [6.45, 7) is 4.55. The minimum atomic E-state index is 0.970. The fourth-order valence-corrected chi connectivity index (χ4v) is 8.32. The minimum absolute atomic E-state index is 0.970. The Labute approximate surface area is 264 Å². The molecule has 0 atom stereocenters. The van der Waals surface area contributed by atoms with E-state index < -0.39 is 0 Å². The summed E-state index contributed by atoms with van der Waals surface area (Å²) in [4.78, 5) is 0. The Morgan fingerprint density at radius 3 is 1.22 bits per heavy atom. The average molecular weight is 575 g/mol. The topological polar surface area (TPSA) is 0 Å². The van der Waals surface area contributed by atoms with E-state index in [1.54, 1.807) is 0 Å². The molecule has 1 aliphatic carbocycles. The van der Waals surface area contributed by atoms with Gasteiger partial charge in [-0.05, 0) is 124 Å². The molecule has 45 heavy (non-hydrogen) atoms. The normalized spacial score (nSPS) is 12.3. The Balaban J connectivity index is 1.23. The van der Waals surface area contributed by atoms with Gasteiger partial charge in [-0.3, -0.25) is 0 Å². The summed E-state index contributed by atoms with van der Waals surface area (Å²) in [5.41, 5.74) is 13.8. The van der Waals surface area contributed by atoms with Crippen LogP contribution >= 0.6 is 0 Å². The number of aryl methyl sites for hydroxylation is 2. The molecule has 0 aromatic heterocycles. The molecule has 0 saturated heterocycles. The molecule has 0 aliphatic heterocycles. The van der Waals surface area contributed by atoms with E-state index in [1.807, 2.05) is 0 Å². The molecule has 0 heterocycles. The van der Waals surface area contributed by atoms with Gasteiger partial charge >= 0.3 is 0 Å². The van der Waals surface area contributed by atoms with E-state index in [1.165, 1.54) is 98.7 Å². The van der Waals surface area contributed by atoms with Gasteiger partial charge in [-0.2, -0.15) is 0 Å². The summed E-state index contributed by atoms with van der Waals surface area (Å²) in [7, 11) is 0. The van der Waals surface area contributed by atoms with Crippen molar-refractivity contribution in [3.05, 3.63) is 156 Å². The molecule has 0 fully saturated rings. The monoisotopic (exact) mass is 574 g/mol. The number of hydrogen-bond donors (Lipinski definition) is 0. The molecule has 0 spiro atoms. The predicted molar refractivity (Wildman–Crippen MR) is 194 cm³/mol. The number of fused-ring (bicyclic) bond motifs is 7. The molecule has 0 N–H and O–H groups in total. The summed E-state index contributed by atoms with van der Waals surface area (Å²) in [6.07, 6.45) is 3.01. The Kier molecular flexibility index (Phi) is 5.93. The molecule has 0 amide bonds. The van der Waals surface area contributed by atoms with Crippen LogP contribution in [0.25, 0.3) is 76.5 Å². The van der Waals surface area contributed by atoms with Gasteiger partial charge in [-0.25, -0.2) is 0 Å². The van der Waals surface area contributed by atoms with E-state index in [0.717, 1.165) is 19.3 Å². The number of hydrogen-bond acceptors (Lipinski definition) is 0. The highest BCUT2D eigenvalue weighted by atomic mass is 14.3. The molecular formula is C45H34. The molecule has 8 aromatic rings. The van der Waals surface area contributed by atoms with Crippen molar-refractivity contribution in [2.75, 3.05) is 0 Å². The first-order chi connectivity index (χ1) is 22.2. The zero-order chi connectivity index (χ0) is 30.1. The van der Waals surface area contributed by atoms with Crippen LogP contribution in [0.5, 0.6) is 0 Å². The Morgan fingerprint density at radius 1 is 0.378 bits per heavy atom. The van der Waals surface area contributed by atoms with Crippen LogP contribution in [0.1, 0.15) is 36.1 Å². The molecule has 0 unspecified atom stereocenters. The third kappa shape index (κ3) is 3.85. The molecule has 0 nitrogen and oxygen atoms in total. The lowest BCUT2D eigenvalue weighted by Gasteiger charge is -2.17. The minimum Gasteiger partial charge on any atom is -0.0616 e. The van der Waals surface area contributed by atoms with Gasteiger partial charge in [-0.1, -0.05) is 141 Å². The zero-order valence-electron chi connectivity index (χ0n) is 25.8. The second kappa shape index (κ2) is 10.2. The fourth-order valence-electron chi connectivity index (χ4n) is 8.32. The van der Waals surface area contributed by atoms with Crippen molar-refractivity contribution in [3.8, 4) is 33.4 Å². The van der Waals surface area contributed by atoms with E-state index in [-0.39, 0.29) is 0 Å². The van der Waals surface area contributed by atoms with E-state index in [9.17, 15) is 0 Å². The molecule has 214 valence electrons. The lowest BCUT2D eigenvalue weighted by Crippen LogP contribution is -1.93. The van der Waals surface area contributed by atoms with Gasteiger partial charge in [0, 0.05) is 0 Å². The molecule has 9 rings (SSSR count). The van der Waals surface area contributed by atoms with Crippen LogP contribution < -0.4 is 0 Å². The summed E-state index contributed by atoms with van der Waals surface area (Å²) >= 11 is 0. The summed E-state index contributed by atoms with van der Waals surface area (Å²) in [5.74, 6) is 0. The molecular weight excluding hydrogens is 540 g/mol. The second-order valence-electron chi connectivity index (χ2n) is 12.5. The number of rotatable bonds is 4. The highest BCUT2D eigenvalue weighted by molar-refractivity contribution is 6.16. The predicted octanol–water partition coefficient (Wildman–Crippen LogP) is 12.3. The highest BCUT2D eigenvalue weighted by Gasteiger charge is 2.23.